The second-order valence-corrected chi connectivity index (χ2v) is 1.63. The molecule has 0 amide bonds. The lowest BCUT2D eigenvalue weighted by molar-refractivity contribution is -0.138. The highest BCUT2D eigenvalue weighted by molar-refractivity contribution is 5.90. The van der Waals surface area contributed by atoms with Gasteiger partial charge >= 0.3 is 11.9 Å². The first-order chi connectivity index (χ1) is 5.16. The predicted octanol–water partition coefficient (Wildman–Crippen LogP) is -0.871. The molecule has 0 atom stereocenters. The Balaban J connectivity index is 3.60. The van der Waals surface area contributed by atoms with Crippen molar-refractivity contribution in [3.63, 3.8) is 0 Å². The number of hydrogen-bond donors (Lipinski definition) is 2. The molecule has 0 spiro atoms. The van der Waals surface area contributed by atoms with Gasteiger partial charge in [-0.25, -0.2) is 9.59 Å². The van der Waals surface area contributed by atoms with Gasteiger partial charge in [0.15, 0.2) is 0 Å². The standard InChI is InChI=1S/C6H9NO4/c7-3-4-11-6(10)2-1-5(8)9/h1-2H,3-4,7H2,(H,8,9)/b2-1-. The molecule has 0 aromatic rings. The predicted molar refractivity (Wildman–Crippen MR) is 36.8 cm³/mol. The molecule has 0 saturated heterocycles. The van der Waals surface area contributed by atoms with E-state index in [0.717, 1.165) is 6.08 Å². The van der Waals surface area contributed by atoms with Crippen molar-refractivity contribution in [1.82, 2.24) is 0 Å². The normalized spacial score (nSPS) is 9.91. The van der Waals surface area contributed by atoms with Gasteiger partial charge in [0, 0.05) is 18.7 Å². The van der Waals surface area contributed by atoms with Crippen molar-refractivity contribution in [2.24, 2.45) is 5.73 Å². The smallest absolute Gasteiger partial charge is 0.331 e. The fourth-order valence-electron chi connectivity index (χ4n) is 0.347. The zero-order valence-electron chi connectivity index (χ0n) is 5.82. The molecular weight excluding hydrogens is 150 g/mol. The molecule has 3 N–H and O–H groups in total. The largest absolute Gasteiger partial charge is 0.478 e. The van der Waals surface area contributed by atoms with Gasteiger partial charge in [0.2, 0.25) is 0 Å². The average molecular weight is 159 g/mol. The van der Waals surface area contributed by atoms with E-state index in [9.17, 15) is 9.59 Å². The second kappa shape index (κ2) is 5.43. The lowest BCUT2D eigenvalue weighted by Crippen LogP contribution is -2.11. The summed E-state index contributed by atoms with van der Waals surface area (Å²) < 4.78 is 4.43. The van der Waals surface area contributed by atoms with E-state index in [1.807, 2.05) is 0 Å². The van der Waals surface area contributed by atoms with Crippen molar-refractivity contribution in [2.75, 3.05) is 13.2 Å². The third-order valence-electron chi connectivity index (χ3n) is 0.724. The Morgan fingerprint density at radius 1 is 1.45 bits per heavy atom. The van der Waals surface area contributed by atoms with Crippen molar-refractivity contribution in [2.45, 2.75) is 0 Å². The zero-order chi connectivity index (χ0) is 8.69. The highest BCUT2D eigenvalue weighted by Crippen LogP contribution is 1.80. The molecule has 11 heavy (non-hydrogen) atoms. The fourth-order valence-corrected chi connectivity index (χ4v) is 0.347. The van der Waals surface area contributed by atoms with E-state index < -0.39 is 11.9 Å². The van der Waals surface area contributed by atoms with Crippen LogP contribution in [0.25, 0.3) is 0 Å². The number of esters is 1. The van der Waals surface area contributed by atoms with Gasteiger partial charge in [0.1, 0.15) is 6.61 Å². The maximum atomic E-state index is 10.5. The first kappa shape index (κ1) is 9.64. The lowest BCUT2D eigenvalue weighted by Gasteiger charge is -1.95. The van der Waals surface area contributed by atoms with Gasteiger partial charge in [-0.3, -0.25) is 0 Å². The number of hydrogen-bond acceptors (Lipinski definition) is 4. The highest BCUT2D eigenvalue weighted by Gasteiger charge is 1.95. The van der Waals surface area contributed by atoms with E-state index in [-0.39, 0.29) is 13.2 Å². The van der Waals surface area contributed by atoms with Crippen LogP contribution in [0.3, 0.4) is 0 Å². The lowest BCUT2D eigenvalue weighted by atomic mass is 10.5. The summed E-state index contributed by atoms with van der Waals surface area (Å²) in [6, 6.07) is 0. The van der Waals surface area contributed by atoms with Crippen LogP contribution in [0.2, 0.25) is 0 Å². The maximum absolute atomic E-state index is 10.5. The summed E-state index contributed by atoms with van der Waals surface area (Å²) in [6.07, 6.45) is 1.54. The molecule has 0 unspecified atom stereocenters. The van der Waals surface area contributed by atoms with E-state index >= 15 is 0 Å². The number of carboxylic acids is 1. The van der Waals surface area contributed by atoms with Gasteiger partial charge in [-0.15, -0.1) is 0 Å². The molecule has 5 heteroatoms. The Labute approximate surface area is 63.4 Å². The van der Waals surface area contributed by atoms with Crippen LogP contribution in [-0.2, 0) is 14.3 Å². The summed E-state index contributed by atoms with van der Waals surface area (Å²) in [5, 5.41) is 8.07. The van der Waals surface area contributed by atoms with Crippen LogP contribution < -0.4 is 5.73 Å². The molecule has 0 fully saturated rings. The third-order valence-corrected chi connectivity index (χ3v) is 0.724. The Kier molecular flexibility index (Phi) is 4.76. The molecule has 0 aliphatic heterocycles. The highest BCUT2D eigenvalue weighted by atomic mass is 16.5. The summed E-state index contributed by atoms with van der Waals surface area (Å²) in [4.78, 5) is 20.3. The van der Waals surface area contributed by atoms with E-state index in [2.05, 4.69) is 4.74 Å². The van der Waals surface area contributed by atoms with Crippen LogP contribution in [-0.4, -0.2) is 30.2 Å². The molecule has 0 aliphatic rings. The Morgan fingerprint density at radius 3 is 2.55 bits per heavy atom. The van der Waals surface area contributed by atoms with Crippen molar-refractivity contribution in [1.29, 1.82) is 0 Å². The van der Waals surface area contributed by atoms with Gasteiger partial charge in [-0.1, -0.05) is 0 Å². The van der Waals surface area contributed by atoms with E-state index in [1.54, 1.807) is 0 Å². The van der Waals surface area contributed by atoms with Crippen molar-refractivity contribution in [3.8, 4) is 0 Å². The molecule has 0 bridgehead atoms. The van der Waals surface area contributed by atoms with Crippen LogP contribution in [0.4, 0.5) is 0 Å². The molecular formula is C6H9NO4. The Morgan fingerprint density at radius 2 is 2.09 bits per heavy atom. The molecule has 0 aromatic heterocycles. The van der Waals surface area contributed by atoms with Crippen LogP contribution in [0.1, 0.15) is 0 Å². The molecule has 0 saturated carbocycles. The maximum Gasteiger partial charge on any atom is 0.331 e. The average Bonchev–Trinajstić information content (AvgIpc) is 1.97. The summed E-state index contributed by atoms with van der Waals surface area (Å²) in [5.41, 5.74) is 5.02. The Bertz CT molecular complexity index is 175. The number of nitrogens with two attached hydrogens (primary N) is 1. The molecule has 0 rings (SSSR count). The number of aliphatic carboxylic acids is 1. The van der Waals surface area contributed by atoms with Crippen molar-refractivity contribution in [3.05, 3.63) is 12.2 Å². The van der Waals surface area contributed by atoms with Gasteiger partial charge in [-0.2, -0.15) is 0 Å². The number of carbonyl (C=O) groups excluding carboxylic acids is 1. The molecule has 0 radical (unpaired) electrons. The van der Waals surface area contributed by atoms with E-state index in [1.165, 1.54) is 0 Å². The zero-order valence-corrected chi connectivity index (χ0v) is 5.82. The van der Waals surface area contributed by atoms with Crippen LogP contribution in [0.5, 0.6) is 0 Å². The molecule has 0 aliphatic carbocycles. The van der Waals surface area contributed by atoms with Crippen LogP contribution >= 0.6 is 0 Å². The number of carboxylic acid groups (broad SMARTS) is 1. The quantitative estimate of drug-likeness (QED) is 0.411. The number of rotatable bonds is 4. The first-order valence-corrected chi connectivity index (χ1v) is 2.94. The van der Waals surface area contributed by atoms with Crippen molar-refractivity contribution < 1.29 is 19.4 Å². The molecule has 5 nitrogen and oxygen atoms in total. The summed E-state index contributed by atoms with van der Waals surface area (Å²) in [7, 11) is 0. The van der Waals surface area contributed by atoms with Crippen molar-refractivity contribution >= 4 is 11.9 Å². The summed E-state index contributed by atoms with van der Waals surface area (Å²) in [6.45, 7) is 0.329. The van der Waals surface area contributed by atoms with Gasteiger partial charge in [0.05, 0.1) is 0 Å². The van der Waals surface area contributed by atoms with Gasteiger partial charge in [0.25, 0.3) is 0 Å². The van der Waals surface area contributed by atoms with Gasteiger partial charge < -0.3 is 15.6 Å². The summed E-state index contributed by atoms with van der Waals surface area (Å²) >= 11 is 0. The SMILES string of the molecule is NCCOC(=O)/C=C\C(=O)O. The monoisotopic (exact) mass is 159 g/mol. The second-order valence-electron chi connectivity index (χ2n) is 1.63. The number of carbonyl (C=O) groups is 2. The summed E-state index contributed by atoms with van der Waals surface area (Å²) in [5.74, 6) is -1.88. The minimum absolute atomic E-state index is 0.1000. The Hall–Kier alpha value is -1.36. The first-order valence-electron chi connectivity index (χ1n) is 2.94. The van der Waals surface area contributed by atoms with Crippen LogP contribution in [0.15, 0.2) is 12.2 Å². The molecule has 0 aromatic carbocycles. The molecule has 0 heterocycles. The minimum Gasteiger partial charge on any atom is -0.478 e. The molecule has 62 valence electrons. The van der Waals surface area contributed by atoms with E-state index in [0.29, 0.717) is 6.08 Å². The number of ether oxygens (including phenoxy) is 1. The topological polar surface area (TPSA) is 89.6 Å². The third kappa shape index (κ3) is 6.53. The van der Waals surface area contributed by atoms with Crippen LogP contribution in [0, 0.1) is 0 Å². The van der Waals surface area contributed by atoms with Gasteiger partial charge in [-0.05, 0) is 0 Å². The minimum atomic E-state index is -1.19. The van der Waals surface area contributed by atoms with E-state index in [4.69, 9.17) is 10.8 Å². The fraction of sp³-hybridized carbons (Fsp3) is 0.333.